The van der Waals surface area contributed by atoms with E-state index in [1.54, 1.807) is 17.7 Å². The molecule has 5 heteroatoms. The van der Waals surface area contributed by atoms with Crippen LogP contribution in [0.25, 0.3) is 22.2 Å². The zero-order valence-electron chi connectivity index (χ0n) is 12.1. The quantitative estimate of drug-likeness (QED) is 0.741. The third kappa shape index (κ3) is 2.75. The van der Waals surface area contributed by atoms with Crippen LogP contribution < -0.4 is 5.69 Å². The van der Waals surface area contributed by atoms with E-state index < -0.39 is 0 Å². The van der Waals surface area contributed by atoms with Crippen molar-refractivity contribution in [2.75, 3.05) is 13.7 Å². The highest BCUT2D eigenvalue weighted by Crippen LogP contribution is 2.27. The Bertz CT molecular complexity index is 860. The Kier molecular flexibility index (Phi) is 4.22. The number of nitrogens with zero attached hydrogens (tertiary/aromatic N) is 2. The van der Waals surface area contributed by atoms with Crippen LogP contribution in [0.2, 0.25) is 5.02 Å². The smallest absolute Gasteiger partial charge is 0.348 e. The summed E-state index contributed by atoms with van der Waals surface area (Å²) in [5, 5.41) is 1.47. The van der Waals surface area contributed by atoms with Gasteiger partial charge < -0.3 is 4.74 Å². The van der Waals surface area contributed by atoms with E-state index in [4.69, 9.17) is 16.3 Å². The number of methoxy groups -OCH3 is 1. The molecule has 0 aliphatic rings. The summed E-state index contributed by atoms with van der Waals surface area (Å²) >= 11 is 6.13. The van der Waals surface area contributed by atoms with Crippen molar-refractivity contribution in [3.63, 3.8) is 0 Å². The lowest BCUT2D eigenvalue weighted by atomic mass is 10.1. The van der Waals surface area contributed by atoms with Crippen LogP contribution in [0, 0.1) is 0 Å². The minimum atomic E-state index is -0.286. The molecule has 1 aromatic heterocycles. The summed E-state index contributed by atoms with van der Waals surface area (Å²) in [7, 11) is 1.61. The third-order valence-electron chi connectivity index (χ3n) is 3.51. The molecule has 22 heavy (non-hydrogen) atoms. The van der Waals surface area contributed by atoms with Gasteiger partial charge in [-0.05, 0) is 18.2 Å². The molecule has 0 aliphatic heterocycles. The number of fused-ring (bicyclic) bond motifs is 1. The van der Waals surface area contributed by atoms with Crippen molar-refractivity contribution >= 4 is 22.5 Å². The number of hydrogen-bond acceptors (Lipinski definition) is 3. The molecule has 3 rings (SSSR count). The van der Waals surface area contributed by atoms with Crippen LogP contribution in [-0.4, -0.2) is 23.3 Å². The number of aromatic nitrogens is 2. The molecule has 0 N–H and O–H groups in total. The predicted molar refractivity (Wildman–Crippen MR) is 88.3 cm³/mol. The number of benzene rings is 2. The van der Waals surface area contributed by atoms with Gasteiger partial charge in [0.2, 0.25) is 0 Å². The first-order valence-electron chi connectivity index (χ1n) is 6.95. The second-order valence-electron chi connectivity index (χ2n) is 4.91. The van der Waals surface area contributed by atoms with Gasteiger partial charge in [-0.2, -0.15) is 4.98 Å². The summed E-state index contributed by atoms with van der Waals surface area (Å²) in [5.41, 5.74) is 2.06. The Balaban J connectivity index is 2.31. The van der Waals surface area contributed by atoms with Crippen molar-refractivity contribution in [3.8, 4) is 11.3 Å². The van der Waals surface area contributed by atoms with E-state index in [0.29, 0.717) is 23.9 Å². The van der Waals surface area contributed by atoms with Crippen molar-refractivity contribution in [2.45, 2.75) is 6.54 Å². The Morgan fingerprint density at radius 2 is 1.95 bits per heavy atom. The van der Waals surface area contributed by atoms with Gasteiger partial charge in [-0.25, -0.2) is 4.79 Å². The summed E-state index contributed by atoms with van der Waals surface area (Å²) < 4.78 is 6.69. The summed E-state index contributed by atoms with van der Waals surface area (Å²) in [6.07, 6.45) is 0. The van der Waals surface area contributed by atoms with Crippen LogP contribution in [0.4, 0.5) is 0 Å². The summed E-state index contributed by atoms with van der Waals surface area (Å²) in [4.78, 5) is 16.6. The summed E-state index contributed by atoms with van der Waals surface area (Å²) in [5.74, 6) is 0. The van der Waals surface area contributed by atoms with Gasteiger partial charge in [-0.1, -0.05) is 41.9 Å². The minimum absolute atomic E-state index is 0.286. The van der Waals surface area contributed by atoms with E-state index in [-0.39, 0.29) is 5.69 Å². The largest absolute Gasteiger partial charge is 0.383 e. The molecule has 0 fully saturated rings. The van der Waals surface area contributed by atoms with Crippen molar-refractivity contribution in [1.29, 1.82) is 0 Å². The van der Waals surface area contributed by atoms with E-state index in [0.717, 1.165) is 16.5 Å². The zero-order valence-corrected chi connectivity index (χ0v) is 12.9. The molecule has 0 spiro atoms. The van der Waals surface area contributed by atoms with Crippen LogP contribution >= 0.6 is 11.6 Å². The second-order valence-corrected chi connectivity index (χ2v) is 5.35. The molecule has 3 aromatic rings. The lowest BCUT2D eigenvalue weighted by Gasteiger charge is -2.12. The van der Waals surface area contributed by atoms with E-state index in [2.05, 4.69) is 4.98 Å². The fraction of sp³-hybridized carbons (Fsp3) is 0.176. The Labute approximate surface area is 132 Å². The van der Waals surface area contributed by atoms with Gasteiger partial charge >= 0.3 is 5.69 Å². The van der Waals surface area contributed by atoms with E-state index in [1.807, 2.05) is 42.5 Å². The van der Waals surface area contributed by atoms with E-state index >= 15 is 0 Å². The summed E-state index contributed by atoms with van der Waals surface area (Å²) in [6.45, 7) is 0.902. The summed E-state index contributed by atoms with van der Waals surface area (Å²) in [6, 6.07) is 15.1. The maximum atomic E-state index is 12.4. The molecule has 1 heterocycles. The van der Waals surface area contributed by atoms with Crippen molar-refractivity contribution in [1.82, 2.24) is 9.55 Å². The first-order chi connectivity index (χ1) is 10.7. The zero-order chi connectivity index (χ0) is 15.5. The van der Waals surface area contributed by atoms with Gasteiger partial charge in [0, 0.05) is 23.1 Å². The molecule has 0 saturated carbocycles. The highest BCUT2D eigenvalue weighted by Gasteiger charge is 2.12. The lowest BCUT2D eigenvalue weighted by molar-refractivity contribution is 0.187. The maximum Gasteiger partial charge on any atom is 0.348 e. The number of halogens is 1. The van der Waals surface area contributed by atoms with Crippen LogP contribution in [0.15, 0.2) is 53.3 Å². The molecule has 0 saturated heterocycles. The van der Waals surface area contributed by atoms with Crippen LogP contribution in [-0.2, 0) is 11.3 Å². The highest BCUT2D eigenvalue weighted by atomic mass is 35.5. The van der Waals surface area contributed by atoms with E-state index in [9.17, 15) is 4.79 Å². The van der Waals surface area contributed by atoms with Crippen LogP contribution in [0.1, 0.15) is 0 Å². The molecular formula is C17H15ClN2O2. The molecule has 0 amide bonds. The fourth-order valence-electron chi connectivity index (χ4n) is 2.47. The fourth-order valence-corrected chi connectivity index (χ4v) is 2.64. The molecule has 2 aromatic carbocycles. The highest BCUT2D eigenvalue weighted by molar-refractivity contribution is 6.31. The average molecular weight is 315 g/mol. The monoisotopic (exact) mass is 314 g/mol. The first kappa shape index (κ1) is 14.8. The number of rotatable bonds is 4. The van der Waals surface area contributed by atoms with Gasteiger partial charge in [0.1, 0.15) is 0 Å². The van der Waals surface area contributed by atoms with E-state index in [1.165, 1.54) is 0 Å². The van der Waals surface area contributed by atoms with Gasteiger partial charge in [-0.3, -0.25) is 4.57 Å². The van der Waals surface area contributed by atoms with Gasteiger partial charge in [0.15, 0.2) is 0 Å². The lowest BCUT2D eigenvalue weighted by Crippen LogP contribution is -2.25. The molecule has 0 radical (unpaired) electrons. The second kappa shape index (κ2) is 6.30. The van der Waals surface area contributed by atoms with Crippen molar-refractivity contribution < 1.29 is 4.74 Å². The normalized spacial score (nSPS) is 11.0. The number of ether oxygens (including phenoxy) is 1. The van der Waals surface area contributed by atoms with Crippen molar-refractivity contribution in [3.05, 3.63) is 64.0 Å². The van der Waals surface area contributed by atoms with Crippen molar-refractivity contribution in [2.24, 2.45) is 0 Å². The first-order valence-corrected chi connectivity index (χ1v) is 7.33. The molecule has 0 bridgehead atoms. The SMILES string of the molecule is COCCn1c(=O)nc(-c2ccccc2)c2cc(Cl)ccc21. The standard InChI is InChI=1S/C17H15ClN2O2/c1-22-10-9-20-15-8-7-13(18)11-14(15)16(19-17(20)21)12-5-3-2-4-6-12/h2-8,11H,9-10H2,1H3. The Hall–Kier alpha value is -2.17. The molecule has 0 aliphatic carbocycles. The Morgan fingerprint density at radius 3 is 2.68 bits per heavy atom. The predicted octanol–water partition coefficient (Wildman–Crippen LogP) is 3.36. The van der Waals surface area contributed by atoms with Crippen LogP contribution in [0.5, 0.6) is 0 Å². The third-order valence-corrected chi connectivity index (χ3v) is 3.74. The number of hydrogen-bond donors (Lipinski definition) is 0. The maximum absolute atomic E-state index is 12.4. The van der Waals surface area contributed by atoms with Crippen LogP contribution in [0.3, 0.4) is 0 Å². The van der Waals surface area contributed by atoms with Gasteiger partial charge in [0.05, 0.1) is 24.4 Å². The van der Waals surface area contributed by atoms with Gasteiger partial charge in [0.25, 0.3) is 0 Å². The minimum Gasteiger partial charge on any atom is -0.383 e. The van der Waals surface area contributed by atoms with Gasteiger partial charge in [-0.15, -0.1) is 0 Å². The molecular weight excluding hydrogens is 300 g/mol. The Morgan fingerprint density at radius 1 is 1.18 bits per heavy atom. The average Bonchev–Trinajstić information content (AvgIpc) is 2.54. The topological polar surface area (TPSA) is 44.1 Å². The molecule has 112 valence electrons. The molecule has 0 atom stereocenters. The molecule has 4 nitrogen and oxygen atoms in total. The molecule has 0 unspecified atom stereocenters.